The lowest BCUT2D eigenvalue weighted by Crippen LogP contribution is -2.20. The summed E-state index contributed by atoms with van der Waals surface area (Å²) in [5, 5.41) is 10.1. The van der Waals surface area contributed by atoms with Gasteiger partial charge >= 0.3 is 0 Å². The van der Waals surface area contributed by atoms with E-state index < -0.39 is 0 Å². The number of rotatable bonds is 8. The molecule has 28 heavy (non-hydrogen) atoms. The second kappa shape index (κ2) is 9.41. The topological polar surface area (TPSA) is 43.2 Å². The molecule has 1 heterocycles. The first-order chi connectivity index (χ1) is 13.5. The van der Waals surface area contributed by atoms with Crippen LogP contribution in [0.2, 0.25) is 5.02 Å². The van der Waals surface area contributed by atoms with E-state index in [2.05, 4.69) is 22.0 Å². The van der Waals surface area contributed by atoms with Crippen LogP contribution < -0.4 is 4.74 Å². The minimum absolute atomic E-state index is 0.0506. The molecule has 148 valence electrons. The van der Waals surface area contributed by atoms with Crippen molar-refractivity contribution in [2.24, 2.45) is 0 Å². The number of thioether (sulfide) groups is 1. The highest BCUT2D eigenvalue weighted by atomic mass is 35.5. The van der Waals surface area contributed by atoms with E-state index in [4.69, 9.17) is 16.3 Å². The lowest BCUT2D eigenvalue weighted by molar-refractivity contribution is 0.305. The van der Waals surface area contributed by atoms with Crippen LogP contribution in [0.4, 0.5) is 4.39 Å². The molecule has 0 spiro atoms. The fourth-order valence-corrected chi connectivity index (χ4v) is 3.51. The highest BCUT2D eigenvalue weighted by Crippen LogP contribution is 2.27. The Hall–Kier alpha value is -2.09. The van der Waals surface area contributed by atoms with Crippen molar-refractivity contribution in [1.29, 1.82) is 0 Å². The summed E-state index contributed by atoms with van der Waals surface area (Å²) < 4.78 is 21.1. The largest absolute Gasteiger partial charge is 0.493 e. The molecule has 0 fully saturated rings. The lowest BCUT2D eigenvalue weighted by atomic mass is 10.2. The van der Waals surface area contributed by atoms with Gasteiger partial charge in [-0.15, -0.1) is 10.2 Å². The summed E-state index contributed by atoms with van der Waals surface area (Å²) in [5.74, 6) is 1.94. The molecule has 1 aromatic heterocycles. The molecule has 0 aliphatic rings. The van der Waals surface area contributed by atoms with Crippen molar-refractivity contribution in [1.82, 2.24) is 19.7 Å². The van der Waals surface area contributed by atoms with Gasteiger partial charge < -0.3 is 4.74 Å². The minimum atomic E-state index is -0.275. The van der Waals surface area contributed by atoms with Gasteiger partial charge in [-0.1, -0.05) is 29.4 Å². The number of hydrogen-bond acceptors (Lipinski definition) is 5. The third-order valence-electron chi connectivity index (χ3n) is 4.27. The highest BCUT2D eigenvalue weighted by Gasteiger charge is 2.20. The molecule has 3 rings (SSSR count). The molecule has 0 amide bonds. The molecule has 0 radical (unpaired) electrons. The minimum Gasteiger partial charge on any atom is -0.493 e. The smallest absolute Gasteiger partial charge is 0.196 e. The maximum Gasteiger partial charge on any atom is 0.196 e. The third-order valence-corrected chi connectivity index (χ3v) is 5.40. The number of halogens is 2. The quantitative estimate of drug-likeness (QED) is 0.385. The van der Waals surface area contributed by atoms with Crippen LogP contribution in [-0.2, 0) is 0 Å². The van der Waals surface area contributed by atoms with Crippen molar-refractivity contribution in [2.45, 2.75) is 18.1 Å². The molecule has 0 aliphatic heterocycles. The molecule has 0 bridgehead atoms. The van der Waals surface area contributed by atoms with Crippen LogP contribution in [0.25, 0.3) is 5.69 Å². The van der Waals surface area contributed by atoms with E-state index in [1.54, 1.807) is 18.2 Å². The zero-order valence-electron chi connectivity index (χ0n) is 16.0. The van der Waals surface area contributed by atoms with Gasteiger partial charge in [0, 0.05) is 16.5 Å². The maximum absolute atomic E-state index is 13.4. The number of benzene rings is 2. The van der Waals surface area contributed by atoms with E-state index in [9.17, 15) is 4.39 Å². The molecule has 5 nitrogen and oxygen atoms in total. The molecular weight excluding hydrogens is 399 g/mol. The zero-order chi connectivity index (χ0) is 20.1. The summed E-state index contributed by atoms with van der Waals surface area (Å²) >= 11 is 7.51. The molecule has 0 N–H and O–H groups in total. The Kier molecular flexibility index (Phi) is 6.93. The van der Waals surface area contributed by atoms with Crippen molar-refractivity contribution in [3.05, 3.63) is 65.2 Å². The molecule has 0 saturated carbocycles. The first-order valence-electron chi connectivity index (χ1n) is 8.84. The Morgan fingerprint density at radius 1 is 1.18 bits per heavy atom. The Balaban J connectivity index is 1.75. The van der Waals surface area contributed by atoms with Crippen LogP contribution in [0, 0.1) is 5.82 Å². The summed E-state index contributed by atoms with van der Waals surface area (Å²) in [6, 6.07) is 13.7. The van der Waals surface area contributed by atoms with Gasteiger partial charge in [-0.25, -0.2) is 4.39 Å². The van der Waals surface area contributed by atoms with Gasteiger partial charge in [0.25, 0.3) is 0 Å². The standard InChI is InChI=1S/C20H22ClFN4OS/c1-14(25(2)3)19-23-24-20(26(19)17-9-7-16(22)8-10-17)28-12-11-27-18-6-4-5-15(21)13-18/h4-10,13-14H,11-12H2,1-3H3. The molecule has 3 aromatic rings. The summed E-state index contributed by atoms with van der Waals surface area (Å²) in [6.45, 7) is 2.56. The van der Waals surface area contributed by atoms with Crippen molar-refractivity contribution in [3.63, 3.8) is 0 Å². The maximum atomic E-state index is 13.4. The third kappa shape index (κ3) is 5.04. The van der Waals surface area contributed by atoms with E-state index in [1.807, 2.05) is 36.9 Å². The van der Waals surface area contributed by atoms with E-state index in [1.165, 1.54) is 23.9 Å². The van der Waals surface area contributed by atoms with Gasteiger partial charge in [-0.3, -0.25) is 9.47 Å². The number of ether oxygens (including phenoxy) is 1. The molecular formula is C20H22ClFN4OS. The van der Waals surface area contributed by atoms with Gasteiger partial charge in [0.1, 0.15) is 11.6 Å². The van der Waals surface area contributed by atoms with Gasteiger partial charge in [-0.2, -0.15) is 0 Å². The monoisotopic (exact) mass is 420 g/mol. The number of aromatic nitrogens is 3. The summed E-state index contributed by atoms with van der Waals surface area (Å²) in [7, 11) is 3.97. The normalized spacial score (nSPS) is 12.4. The molecule has 0 saturated heterocycles. The van der Waals surface area contributed by atoms with Crippen LogP contribution >= 0.6 is 23.4 Å². The predicted molar refractivity (Wildman–Crippen MR) is 111 cm³/mol. The van der Waals surface area contributed by atoms with Crippen LogP contribution in [0.1, 0.15) is 18.8 Å². The Bertz CT molecular complexity index is 917. The predicted octanol–water partition coefficient (Wildman–Crippen LogP) is 4.85. The first kappa shape index (κ1) is 20.6. The second-order valence-corrected chi connectivity index (χ2v) is 7.94. The first-order valence-corrected chi connectivity index (χ1v) is 10.2. The van der Waals surface area contributed by atoms with Gasteiger partial charge in [0.2, 0.25) is 0 Å². The van der Waals surface area contributed by atoms with E-state index in [-0.39, 0.29) is 11.9 Å². The second-order valence-electron chi connectivity index (χ2n) is 6.45. The zero-order valence-corrected chi connectivity index (χ0v) is 17.5. The number of hydrogen-bond donors (Lipinski definition) is 0. The Morgan fingerprint density at radius 2 is 1.93 bits per heavy atom. The fourth-order valence-electron chi connectivity index (χ4n) is 2.56. The molecule has 2 aromatic carbocycles. The van der Waals surface area contributed by atoms with Crippen molar-refractivity contribution in [2.75, 3.05) is 26.5 Å². The average molecular weight is 421 g/mol. The lowest BCUT2D eigenvalue weighted by Gasteiger charge is -2.20. The van der Waals surface area contributed by atoms with Crippen molar-refractivity contribution >= 4 is 23.4 Å². The van der Waals surface area contributed by atoms with Crippen LogP contribution in [0.5, 0.6) is 5.75 Å². The van der Waals surface area contributed by atoms with Crippen LogP contribution in [0.3, 0.4) is 0 Å². The summed E-state index contributed by atoms with van der Waals surface area (Å²) in [4.78, 5) is 2.06. The van der Waals surface area contributed by atoms with Gasteiger partial charge in [0.15, 0.2) is 11.0 Å². The average Bonchev–Trinajstić information content (AvgIpc) is 3.09. The van der Waals surface area contributed by atoms with Crippen molar-refractivity contribution < 1.29 is 9.13 Å². The molecule has 1 atom stereocenters. The van der Waals surface area contributed by atoms with Crippen LogP contribution in [0.15, 0.2) is 53.7 Å². The van der Waals surface area contributed by atoms with E-state index in [0.29, 0.717) is 17.4 Å². The van der Waals surface area contributed by atoms with E-state index >= 15 is 0 Å². The Morgan fingerprint density at radius 3 is 2.61 bits per heavy atom. The highest BCUT2D eigenvalue weighted by molar-refractivity contribution is 7.99. The van der Waals surface area contributed by atoms with Crippen LogP contribution in [-0.4, -0.2) is 46.1 Å². The fraction of sp³-hybridized carbons (Fsp3) is 0.300. The molecule has 1 unspecified atom stereocenters. The summed E-state index contributed by atoms with van der Waals surface area (Å²) in [5.41, 5.74) is 0.827. The number of nitrogens with zero attached hydrogens (tertiary/aromatic N) is 4. The van der Waals surface area contributed by atoms with Crippen molar-refractivity contribution in [3.8, 4) is 11.4 Å². The van der Waals surface area contributed by atoms with E-state index in [0.717, 1.165) is 22.4 Å². The molecule has 0 aliphatic carbocycles. The van der Waals surface area contributed by atoms with Gasteiger partial charge in [0.05, 0.1) is 12.6 Å². The SMILES string of the molecule is CC(c1nnc(SCCOc2cccc(Cl)c2)n1-c1ccc(F)cc1)N(C)C. The Labute approximate surface area is 173 Å². The van der Waals surface area contributed by atoms with Gasteiger partial charge in [-0.05, 0) is 63.5 Å². The molecule has 8 heteroatoms. The summed E-state index contributed by atoms with van der Waals surface area (Å²) in [6.07, 6.45) is 0.